The summed E-state index contributed by atoms with van der Waals surface area (Å²) in [5.41, 5.74) is -0.799. The molecule has 2 nitrogen and oxygen atoms in total. The van der Waals surface area contributed by atoms with Crippen molar-refractivity contribution < 1.29 is 4.39 Å². The van der Waals surface area contributed by atoms with Crippen molar-refractivity contribution in [3.05, 3.63) is 0 Å². The van der Waals surface area contributed by atoms with Crippen LogP contribution in [0.25, 0.3) is 0 Å². The van der Waals surface area contributed by atoms with Crippen molar-refractivity contribution >= 4 is 0 Å². The van der Waals surface area contributed by atoms with Gasteiger partial charge in [0, 0.05) is 30.7 Å². The maximum absolute atomic E-state index is 15.3. The molecule has 0 aromatic rings. The molecule has 0 aromatic carbocycles. The van der Waals surface area contributed by atoms with Crippen LogP contribution in [0, 0.1) is 17.3 Å². The molecule has 28 heavy (non-hydrogen) atoms. The quantitative estimate of drug-likeness (QED) is 0.520. The Morgan fingerprint density at radius 2 is 1.50 bits per heavy atom. The Morgan fingerprint density at radius 1 is 0.929 bits per heavy atom. The van der Waals surface area contributed by atoms with Gasteiger partial charge in [-0.25, -0.2) is 4.39 Å². The van der Waals surface area contributed by atoms with E-state index >= 15 is 4.39 Å². The predicted octanol–water partition coefficient (Wildman–Crippen LogP) is 6.54. The molecule has 0 amide bonds. The fourth-order valence-electron chi connectivity index (χ4n) is 5.27. The highest BCUT2D eigenvalue weighted by atomic mass is 19.1. The Labute approximate surface area is 175 Å². The molecule has 0 aromatic heterocycles. The van der Waals surface area contributed by atoms with Crippen LogP contribution in [0.4, 0.5) is 4.39 Å². The second kappa shape index (κ2) is 8.53. The fraction of sp³-hybridized carbons (Fsp3) is 1.00. The summed E-state index contributed by atoms with van der Waals surface area (Å²) in [5, 5.41) is 0. The van der Waals surface area contributed by atoms with Gasteiger partial charge in [0.25, 0.3) is 0 Å². The van der Waals surface area contributed by atoms with Crippen molar-refractivity contribution in [3.8, 4) is 0 Å². The molecule has 2 rings (SSSR count). The average molecular weight is 397 g/mol. The van der Waals surface area contributed by atoms with E-state index in [1.54, 1.807) is 0 Å². The van der Waals surface area contributed by atoms with Crippen molar-refractivity contribution in [2.24, 2.45) is 17.3 Å². The zero-order chi connectivity index (χ0) is 21.4. The molecule has 166 valence electrons. The van der Waals surface area contributed by atoms with E-state index in [0.29, 0.717) is 12.8 Å². The van der Waals surface area contributed by atoms with Gasteiger partial charge in [0.1, 0.15) is 5.67 Å². The molecule has 0 N–H and O–H groups in total. The minimum atomic E-state index is -1.01. The van der Waals surface area contributed by atoms with Crippen molar-refractivity contribution in [3.63, 3.8) is 0 Å². The molecule has 2 heterocycles. The summed E-state index contributed by atoms with van der Waals surface area (Å²) < 4.78 is 15.3. The molecule has 2 unspecified atom stereocenters. The average Bonchev–Trinajstić information content (AvgIpc) is 2.58. The maximum atomic E-state index is 15.3. The molecule has 2 aliphatic heterocycles. The van der Waals surface area contributed by atoms with Gasteiger partial charge in [0.2, 0.25) is 0 Å². The lowest BCUT2D eigenvalue weighted by molar-refractivity contribution is -0.0541. The van der Waals surface area contributed by atoms with Crippen LogP contribution in [-0.4, -0.2) is 52.7 Å². The minimum Gasteiger partial charge on any atom is -0.298 e. The highest BCUT2D eigenvalue weighted by Crippen LogP contribution is 2.44. The Morgan fingerprint density at radius 3 is 2.00 bits per heavy atom. The summed E-state index contributed by atoms with van der Waals surface area (Å²) in [7, 11) is 0. The first-order valence-corrected chi connectivity index (χ1v) is 11.8. The van der Waals surface area contributed by atoms with Gasteiger partial charge in [-0.3, -0.25) is 9.80 Å². The minimum absolute atomic E-state index is 0.172. The zero-order valence-corrected chi connectivity index (χ0v) is 20.5. The second-order valence-electron chi connectivity index (χ2n) is 12.5. The van der Waals surface area contributed by atoms with Gasteiger partial charge in [0.05, 0.1) is 0 Å². The molecule has 2 atom stereocenters. The molecule has 0 radical (unpaired) electrons. The number of halogens is 1. The number of alkyl halides is 1. The summed E-state index contributed by atoms with van der Waals surface area (Å²) >= 11 is 0. The molecule has 2 saturated heterocycles. The summed E-state index contributed by atoms with van der Waals surface area (Å²) in [6.45, 7) is 24.7. The number of rotatable bonds is 5. The predicted molar refractivity (Wildman–Crippen MR) is 121 cm³/mol. The first-order chi connectivity index (χ1) is 12.7. The van der Waals surface area contributed by atoms with Crippen LogP contribution in [0.15, 0.2) is 0 Å². The summed E-state index contributed by atoms with van der Waals surface area (Å²) in [5.74, 6) is 1.59. The molecule has 0 saturated carbocycles. The van der Waals surface area contributed by atoms with Gasteiger partial charge in [-0.2, -0.15) is 0 Å². The van der Waals surface area contributed by atoms with Gasteiger partial charge < -0.3 is 0 Å². The molecule has 2 aliphatic rings. The lowest BCUT2D eigenvalue weighted by atomic mass is 9.71. The maximum Gasteiger partial charge on any atom is 0.118 e. The molecule has 2 fully saturated rings. The third-order valence-electron chi connectivity index (χ3n) is 8.18. The van der Waals surface area contributed by atoms with Crippen molar-refractivity contribution in [1.29, 1.82) is 0 Å². The monoisotopic (exact) mass is 396 g/mol. The molecule has 3 heteroatoms. The highest BCUT2D eigenvalue weighted by Gasteiger charge is 2.46. The second-order valence-corrected chi connectivity index (χ2v) is 12.5. The van der Waals surface area contributed by atoms with Crippen LogP contribution < -0.4 is 0 Å². The van der Waals surface area contributed by atoms with Gasteiger partial charge in [-0.05, 0) is 96.9 Å². The Bertz CT molecular complexity index is 492. The lowest BCUT2D eigenvalue weighted by Crippen LogP contribution is -2.55. The SMILES string of the molecule is CC(CCC(C)(C)N1CCC(F)(C(C)(C)C)CC1)C1CCCN(C(C)(C)C)C1. The van der Waals surface area contributed by atoms with Crippen LogP contribution in [0.2, 0.25) is 0 Å². The van der Waals surface area contributed by atoms with E-state index in [2.05, 4.69) is 72.1 Å². The summed E-state index contributed by atoms with van der Waals surface area (Å²) in [6, 6.07) is 0. The topological polar surface area (TPSA) is 6.48 Å². The van der Waals surface area contributed by atoms with Crippen LogP contribution in [-0.2, 0) is 0 Å². The smallest absolute Gasteiger partial charge is 0.118 e. The first-order valence-electron chi connectivity index (χ1n) is 11.8. The van der Waals surface area contributed by atoms with Crippen LogP contribution in [0.3, 0.4) is 0 Å². The van der Waals surface area contributed by atoms with Gasteiger partial charge in [-0.1, -0.05) is 27.7 Å². The van der Waals surface area contributed by atoms with Crippen LogP contribution in [0.1, 0.15) is 101 Å². The van der Waals surface area contributed by atoms with E-state index in [4.69, 9.17) is 0 Å². The van der Waals surface area contributed by atoms with Gasteiger partial charge >= 0.3 is 0 Å². The largest absolute Gasteiger partial charge is 0.298 e. The normalized spacial score (nSPS) is 27.0. The third-order valence-corrected chi connectivity index (χ3v) is 8.18. The third kappa shape index (κ3) is 5.72. The number of hydrogen-bond donors (Lipinski definition) is 0. The molecule has 0 spiro atoms. The number of nitrogens with zero attached hydrogens (tertiary/aromatic N) is 2. The molecular weight excluding hydrogens is 347 g/mol. The molecule has 0 bridgehead atoms. The number of piperidine rings is 2. The molecular formula is C25H49FN2. The van der Waals surface area contributed by atoms with Crippen LogP contribution in [0.5, 0.6) is 0 Å². The standard InChI is InChI=1S/C25H49FN2/c1-20(21-11-10-16-28(19-21)23(5,6)7)12-13-24(8,9)27-17-14-25(26,15-18-27)22(2,3)4/h20-21H,10-19H2,1-9H3. The van der Waals surface area contributed by atoms with E-state index in [1.165, 1.54) is 38.8 Å². The van der Waals surface area contributed by atoms with Gasteiger partial charge in [0.15, 0.2) is 0 Å². The highest BCUT2D eigenvalue weighted by molar-refractivity contribution is 4.98. The Balaban J connectivity index is 1.86. The van der Waals surface area contributed by atoms with Crippen LogP contribution >= 0.6 is 0 Å². The Kier molecular flexibility index (Phi) is 7.35. The van der Waals surface area contributed by atoms with E-state index in [1.807, 2.05) is 0 Å². The lowest BCUT2D eigenvalue weighted by Gasteiger charge is -2.49. The van der Waals surface area contributed by atoms with Crippen molar-refractivity contribution in [1.82, 2.24) is 9.80 Å². The summed E-state index contributed by atoms with van der Waals surface area (Å²) in [6.07, 6.45) is 6.58. The Hall–Kier alpha value is -0.150. The molecule has 0 aliphatic carbocycles. The van der Waals surface area contributed by atoms with Gasteiger partial charge in [-0.15, -0.1) is 0 Å². The van der Waals surface area contributed by atoms with E-state index in [0.717, 1.165) is 24.9 Å². The van der Waals surface area contributed by atoms with Crippen molar-refractivity contribution in [2.75, 3.05) is 26.2 Å². The zero-order valence-electron chi connectivity index (χ0n) is 20.5. The summed E-state index contributed by atoms with van der Waals surface area (Å²) in [4.78, 5) is 5.24. The van der Waals surface area contributed by atoms with E-state index in [-0.39, 0.29) is 16.5 Å². The first kappa shape index (κ1) is 24.1. The van der Waals surface area contributed by atoms with Crippen molar-refractivity contribution in [2.45, 2.75) is 118 Å². The van der Waals surface area contributed by atoms with E-state index in [9.17, 15) is 0 Å². The number of likely N-dealkylation sites (tertiary alicyclic amines) is 2. The fourth-order valence-corrected chi connectivity index (χ4v) is 5.27. The van der Waals surface area contributed by atoms with E-state index < -0.39 is 5.67 Å². The number of hydrogen-bond acceptors (Lipinski definition) is 2.